The molecule has 0 bridgehead atoms. The minimum absolute atomic E-state index is 0.0430. The van der Waals surface area contributed by atoms with Crippen molar-refractivity contribution < 1.29 is 13.6 Å². The molecule has 28 heavy (non-hydrogen) atoms. The summed E-state index contributed by atoms with van der Waals surface area (Å²) in [7, 11) is 0. The minimum atomic E-state index is -0.814. The van der Waals surface area contributed by atoms with Gasteiger partial charge in [0.1, 0.15) is 22.3 Å². The monoisotopic (exact) mass is 413 g/mol. The van der Waals surface area contributed by atoms with Crippen LogP contribution in [0.25, 0.3) is 21.6 Å². The number of fused-ring (bicyclic) bond motifs is 1. The van der Waals surface area contributed by atoms with Crippen LogP contribution in [0.4, 0.5) is 14.5 Å². The maximum atomic E-state index is 13.7. The van der Waals surface area contributed by atoms with Crippen molar-refractivity contribution in [1.82, 2.24) is 9.97 Å². The molecule has 1 amide bonds. The summed E-state index contributed by atoms with van der Waals surface area (Å²) in [6.45, 7) is 0. The van der Waals surface area contributed by atoms with E-state index in [0.717, 1.165) is 27.9 Å². The van der Waals surface area contributed by atoms with Gasteiger partial charge in [0, 0.05) is 5.39 Å². The number of nitrogens with zero attached hydrogens (tertiary/aromatic N) is 2. The summed E-state index contributed by atoms with van der Waals surface area (Å²) in [5.74, 6) is -1.61. The quantitative estimate of drug-likeness (QED) is 0.353. The molecule has 4 aromatic rings. The first-order chi connectivity index (χ1) is 13.6. The van der Waals surface area contributed by atoms with E-state index < -0.39 is 23.2 Å². The Labute approximate surface area is 167 Å². The zero-order chi connectivity index (χ0) is 19.5. The maximum absolute atomic E-state index is 13.7. The zero-order valence-electron chi connectivity index (χ0n) is 14.4. The molecule has 0 aliphatic rings. The summed E-state index contributed by atoms with van der Waals surface area (Å²) in [4.78, 5) is 22.3. The molecule has 2 aromatic carbocycles. The van der Waals surface area contributed by atoms with E-state index in [2.05, 4.69) is 15.3 Å². The number of benzene rings is 2. The van der Waals surface area contributed by atoms with Crippen molar-refractivity contribution in [3.05, 3.63) is 71.6 Å². The normalized spacial score (nSPS) is 10.9. The largest absolute Gasteiger partial charge is 0.320 e. The molecular weight excluding hydrogens is 400 g/mol. The van der Waals surface area contributed by atoms with Gasteiger partial charge in [-0.1, -0.05) is 42.1 Å². The summed E-state index contributed by atoms with van der Waals surface area (Å²) < 4.78 is 27.4. The molecule has 2 heterocycles. The third-order valence-electron chi connectivity index (χ3n) is 3.88. The standard InChI is InChI=1S/C20H13F2N3OS2/c21-13-6-3-7-14(22)18(13)24-17(26)11-28-20-12-5-1-2-8-15(12)23-19(25-20)16-9-4-10-27-16/h1-10H,11H2,(H,24,26). The lowest BCUT2D eigenvalue weighted by atomic mass is 10.2. The van der Waals surface area contributed by atoms with Gasteiger partial charge in [-0.25, -0.2) is 18.7 Å². The van der Waals surface area contributed by atoms with Crippen LogP contribution in [-0.2, 0) is 4.79 Å². The average molecular weight is 413 g/mol. The second-order valence-electron chi connectivity index (χ2n) is 5.78. The summed E-state index contributed by atoms with van der Waals surface area (Å²) in [5.41, 5.74) is 0.323. The van der Waals surface area contributed by atoms with Crippen molar-refractivity contribution in [3.8, 4) is 10.7 Å². The van der Waals surface area contributed by atoms with Gasteiger partial charge in [0.25, 0.3) is 0 Å². The Balaban J connectivity index is 1.58. The topological polar surface area (TPSA) is 54.9 Å². The molecule has 4 rings (SSSR count). The molecule has 8 heteroatoms. The first-order valence-electron chi connectivity index (χ1n) is 8.29. The first-order valence-corrected chi connectivity index (χ1v) is 10.2. The van der Waals surface area contributed by atoms with E-state index >= 15 is 0 Å². The number of anilines is 1. The van der Waals surface area contributed by atoms with Gasteiger partial charge in [-0.2, -0.15) is 0 Å². The number of nitrogens with one attached hydrogen (secondary N) is 1. The van der Waals surface area contributed by atoms with Crippen LogP contribution in [-0.4, -0.2) is 21.6 Å². The molecule has 0 saturated carbocycles. The smallest absolute Gasteiger partial charge is 0.234 e. The molecule has 0 fully saturated rings. The van der Waals surface area contributed by atoms with Crippen molar-refractivity contribution in [3.63, 3.8) is 0 Å². The maximum Gasteiger partial charge on any atom is 0.234 e. The van der Waals surface area contributed by atoms with Crippen molar-refractivity contribution in [2.45, 2.75) is 5.03 Å². The number of halogens is 2. The second kappa shape index (κ2) is 8.04. The Morgan fingerprint density at radius 1 is 1.00 bits per heavy atom. The van der Waals surface area contributed by atoms with Crippen LogP contribution in [0.1, 0.15) is 0 Å². The van der Waals surface area contributed by atoms with Gasteiger partial charge in [-0.3, -0.25) is 4.79 Å². The van der Waals surface area contributed by atoms with E-state index in [4.69, 9.17) is 0 Å². The number of thiophene rings is 1. The Hall–Kier alpha value is -2.84. The number of aromatic nitrogens is 2. The SMILES string of the molecule is O=C(CSc1nc(-c2cccs2)nc2ccccc12)Nc1c(F)cccc1F. The minimum Gasteiger partial charge on any atom is -0.320 e. The van der Waals surface area contributed by atoms with Gasteiger partial charge < -0.3 is 5.32 Å². The van der Waals surface area contributed by atoms with Gasteiger partial charge in [-0.15, -0.1) is 11.3 Å². The number of carbonyl (C=O) groups excluding carboxylic acids is 1. The van der Waals surface area contributed by atoms with Crippen molar-refractivity contribution in [2.24, 2.45) is 0 Å². The Kier molecular flexibility index (Phi) is 5.31. The van der Waals surface area contributed by atoms with Crippen LogP contribution in [0, 0.1) is 11.6 Å². The molecular formula is C20H13F2N3OS2. The Morgan fingerprint density at radius 3 is 2.54 bits per heavy atom. The zero-order valence-corrected chi connectivity index (χ0v) is 16.0. The third kappa shape index (κ3) is 3.88. The Morgan fingerprint density at radius 2 is 1.79 bits per heavy atom. The van der Waals surface area contributed by atoms with Crippen LogP contribution < -0.4 is 5.32 Å². The summed E-state index contributed by atoms with van der Waals surface area (Å²) in [5, 5.41) is 5.68. The number of hydrogen-bond acceptors (Lipinski definition) is 5. The van der Waals surface area contributed by atoms with Crippen molar-refractivity contribution >= 4 is 45.6 Å². The van der Waals surface area contributed by atoms with Crippen LogP contribution >= 0.6 is 23.1 Å². The molecule has 1 N–H and O–H groups in total. The van der Waals surface area contributed by atoms with Crippen LogP contribution in [0.15, 0.2) is 65.0 Å². The highest BCUT2D eigenvalue weighted by molar-refractivity contribution is 8.00. The van der Waals surface area contributed by atoms with Crippen molar-refractivity contribution in [2.75, 3.05) is 11.1 Å². The fraction of sp³-hybridized carbons (Fsp3) is 0.0500. The van der Waals surface area contributed by atoms with E-state index in [-0.39, 0.29) is 5.75 Å². The van der Waals surface area contributed by atoms with Gasteiger partial charge in [0.05, 0.1) is 16.1 Å². The average Bonchev–Trinajstić information content (AvgIpc) is 3.24. The Bertz CT molecular complexity index is 1130. The molecule has 0 aliphatic heterocycles. The van der Waals surface area contributed by atoms with Crippen LogP contribution in [0.2, 0.25) is 0 Å². The molecule has 0 aliphatic carbocycles. The fourth-order valence-corrected chi connectivity index (χ4v) is 4.08. The third-order valence-corrected chi connectivity index (χ3v) is 5.73. The van der Waals surface area contributed by atoms with Gasteiger partial charge in [0.15, 0.2) is 5.82 Å². The van der Waals surface area contributed by atoms with E-state index in [1.54, 1.807) is 0 Å². The van der Waals surface area contributed by atoms with Crippen molar-refractivity contribution in [1.29, 1.82) is 0 Å². The number of thioether (sulfide) groups is 1. The molecule has 0 atom stereocenters. The van der Waals surface area contributed by atoms with E-state index in [1.165, 1.54) is 29.2 Å². The number of amides is 1. The highest BCUT2D eigenvalue weighted by Gasteiger charge is 2.15. The predicted octanol–water partition coefficient (Wildman–Crippen LogP) is 5.37. The van der Waals surface area contributed by atoms with Gasteiger partial charge in [0.2, 0.25) is 5.91 Å². The van der Waals surface area contributed by atoms with E-state index in [9.17, 15) is 13.6 Å². The molecule has 0 spiro atoms. The van der Waals surface area contributed by atoms with Crippen LogP contribution in [0.5, 0.6) is 0 Å². The van der Waals surface area contributed by atoms with E-state index in [0.29, 0.717) is 10.9 Å². The number of rotatable bonds is 5. The number of para-hydroxylation sites is 2. The summed E-state index contributed by atoms with van der Waals surface area (Å²) in [6, 6.07) is 14.8. The van der Waals surface area contributed by atoms with Gasteiger partial charge >= 0.3 is 0 Å². The second-order valence-corrected chi connectivity index (χ2v) is 7.69. The lowest BCUT2D eigenvalue weighted by Crippen LogP contribution is -2.16. The molecule has 4 nitrogen and oxygen atoms in total. The molecule has 2 aromatic heterocycles. The van der Waals surface area contributed by atoms with E-state index in [1.807, 2.05) is 41.8 Å². The molecule has 0 unspecified atom stereocenters. The predicted molar refractivity (Wildman–Crippen MR) is 109 cm³/mol. The number of hydrogen-bond donors (Lipinski definition) is 1. The summed E-state index contributed by atoms with van der Waals surface area (Å²) in [6.07, 6.45) is 0. The summed E-state index contributed by atoms with van der Waals surface area (Å²) >= 11 is 2.72. The lowest BCUT2D eigenvalue weighted by molar-refractivity contribution is -0.113. The van der Waals surface area contributed by atoms with Gasteiger partial charge in [-0.05, 0) is 29.6 Å². The highest BCUT2D eigenvalue weighted by Crippen LogP contribution is 2.30. The molecule has 0 radical (unpaired) electrons. The molecule has 0 saturated heterocycles. The first kappa shape index (κ1) is 18.5. The lowest BCUT2D eigenvalue weighted by Gasteiger charge is -2.09. The number of carbonyl (C=O) groups is 1. The highest BCUT2D eigenvalue weighted by atomic mass is 32.2. The fourth-order valence-electron chi connectivity index (χ4n) is 2.60. The molecule has 140 valence electrons. The van der Waals surface area contributed by atoms with Crippen LogP contribution in [0.3, 0.4) is 0 Å².